The lowest BCUT2D eigenvalue weighted by atomic mass is 10.1. The highest BCUT2D eigenvalue weighted by Gasteiger charge is 2.40. The molecule has 3 aromatic rings. The standard InChI is InChI=1S/C18H13N3O3/c1-11(16-19-15(20-24-16)12-7-3-2-4-8-12)21-17(22)13-9-5-6-10-14(13)18(21)23/h2-11H,1H3/t11-/m0/s1. The lowest BCUT2D eigenvalue weighted by Gasteiger charge is -2.18. The summed E-state index contributed by atoms with van der Waals surface area (Å²) in [7, 11) is 0. The zero-order valence-corrected chi connectivity index (χ0v) is 12.8. The van der Waals surface area contributed by atoms with Crippen LogP contribution >= 0.6 is 0 Å². The van der Waals surface area contributed by atoms with Gasteiger partial charge in [-0.15, -0.1) is 0 Å². The van der Waals surface area contributed by atoms with Gasteiger partial charge >= 0.3 is 0 Å². The van der Waals surface area contributed by atoms with E-state index in [1.54, 1.807) is 31.2 Å². The van der Waals surface area contributed by atoms with E-state index in [1.807, 2.05) is 30.3 Å². The molecule has 0 spiro atoms. The van der Waals surface area contributed by atoms with Gasteiger partial charge in [0.1, 0.15) is 6.04 Å². The highest BCUT2D eigenvalue weighted by molar-refractivity contribution is 6.21. The molecule has 1 atom stereocenters. The second-order valence-corrected chi connectivity index (χ2v) is 5.52. The van der Waals surface area contributed by atoms with Crippen molar-refractivity contribution in [3.63, 3.8) is 0 Å². The van der Waals surface area contributed by atoms with Crippen LogP contribution in [0.4, 0.5) is 0 Å². The summed E-state index contributed by atoms with van der Waals surface area (Å²) in [6, 6.07) is 15.5. The zero-order chi connectivity index (χ0) is 16.7. The van der Waals surface area contributed by atoms with Gasteiger partial charge in [-0.2, -0.15) is 4.98 Å². The Morgan fingerprint density at radius 3 is 2.12 bits per heavy atom. The van der Waals surface area contributed by atoms with Crippen LogP contribution in [0.15, 0.2) is 59.1 Å². The summed E-state index contributed by atoms with van der Waals surface area (Å²) in [5.41, 5.74) is 1.61. The molecule has 24 heavy (non-hydrogen) atoms. The number of hydrogen-bond acceptors (Lipinski definition) is 5. The molecule has 6 nitrogen and oxygen atoms in total. The second kappa shape index (κ2) is 5.42. The first-order valence-corrected chi connectivity index (χ1v) is 7.53. The van der Waals surface area contributed by atoms with Gasteiger partial charge < -0.3 is 4.52 Å². The Kier molecular flexibility index (Phi) is 3.23. The third-order valence-electron chi connectivity index (χ3n) is 4.04. The average molecular weight is 319 g/mol. The predicted molar refractivity (Wildman–Crippen MR) is 85.1 cm³/mol. The van der Waals surface area contributed by atoms with Crippen molar-refractivity contribution in [2.75, 3.05) is 0 Å². The van der Waals surface area contributed by atoms with Crippen molar-refractivity contribution in [3.05, 3.63) is 71.6 Å². The number of amides is 2. The molecule has 2 aromatic carbocycles. The van der Waals surface area contributed by atoms with Crippen LogP contribution in [0.2, 0.25) is 0 Å². The summed E-state index contributed by atoms with van der Waals surface area (Å²) in [5.74, 6) is -0.0393. The number of imide groups is 1. The zero-order valence-electron chi connectivity index (χ0n) is 12.8. The molecule has 0 radical (unpaired) electrons. The van der Waals surface area contributed by atoms with Crippen LogP contribution in [-0.4, -0.2) is 26.9 Å². The van der Waals surface area contributed by atoms with E-state index in [4.69, 9.17) is 4.52 Å². The van der Waals surface area contributed by atoms with E-state index in [2.05, 4.69) is 10.1 Å². The molecule has 0 N–H and O–H groups in total. The van der Waals surface area contributed by atoms with E-state index in [1.165, 1.54) is 0 Å². The van der Waals surface area contributed by atoms with E-state index in [-0.39, 0.29) is 17.7 Å². The third kappa shape index (κ3) is 2.11. The lowest BCUT2D eigenvalue weighted by Crippen LogP contribution is -2.32. The molecule has 4 rings (SSSR count). The summed E-state index contributed by atoms with van der Waals surface area (Å²) in [4.78, 5) is 30.5. The molecule has 118 valence electrons. The average Bonchev–Trinajstić information content (AvgIpc) is 3.20. The van der Waals surface area contributed by atoms with Crippen LogP contribution in [0.25, 0.3) is 11.4 Å². The normalized spacial score (nSPS) is 14.8. The summed E-state index contributed by atoms with van der Waals surface area (Å²) in [5, 5.41) is 3.94. The Hall–Kier alpha value is -3.28. The van der Waals surface area contributed by atoms with Gasteiger partial charge in [-0.05, 0) is 19.1 Å². The first kappa shape index (κ1) is 14.3. The predicted octanol–water partition coefficient (Wildman–Crippen LogP) is 3.09. The van der Waals surface area contributed by atoms with Gasteiger partial charge in [-0.1, -0.05) is 47.6 Å². The van der Waals surface area contributed by atoms with Gasteiger partial charge in [0.05, 0.1) is 11.1 Å². The molecule has 2 amide bonds. The van der Waals surface area contributed by atoms with Crippen molar-refractivity contribution < 1.29 is 14.1 Å². The van der Waals surface area contributed by atoms with Crippen molar-refractivity contribution in [2.45, 2.75) is 13.0 Å². The quantitative estimate of drug-likeness (QED) is 0.693. The molecule has 0 fully saturated rings. The highest BCUT2D eigenvalue weighted by Crippen LogP contribution is 2.31. The summed E-state index contributed by atoms with van der Waals surface area (Å²) >= 11 is 0. The fourth-order valence-corrected chi connectivity index (χ4v) is 2.78. The Labute approximate surface area is 137 Å². The van der Waals surface area contributed by atoms with Crippen LogP contribution in [0.3, 0.4) is 0 Å². The fraction of sp³-hybridized carbons (Fsp3) is 0.111. The number of rotatable bonds is 3. The first-order valence-electron chi connectivity index (χ1n) is 7.53. The molecule has 0 aliphatic carbocycles. The topological polar surface area (TPSA) is 76.3 Å². The monoisotopic (exact) mass is 319 g/mol. The van der Waals surface area contributed by atoms with Crippen molar-refractivity contribution >= 4 is 11.8 Å². The van der Waals surface area contributed by atoms with Crippen LogP contribution in [0.5, 0.6) is 0 Å². The van der Waals surface area contributed by atoms with Crippen molar-refractivity contribution in [1.82, 2.24) is 15.0 Å². The number of carbonyl (C=O) groups is 2. The van der Waals surface area contributed by atoms with E-state index in [9.17, 15) is 9.59 Å². The number of nitrogens with zero attached hydrogens (tertiary/aromatic N) is 3. The summed E-state index contributed by atoms with van der Waals surface area (Å²) in [6.07, 6.45) is 0. The Morgan fingerprint density at radius 1 is 0.917 bits per heavy atom. The molecule has 0 unspecified atom stereocenters. The molecule has 2 heterocycles. The number of fused-ring (bicyclic) bond motifs is 1. The Morgan fingerprint density at radius 2 is 1.50 bits per heavy atom. The van der Waals surface area contributed by atoms with Crippen molar-refractivity contribution in [3.8, 4) is 11.4 Å². The molecule has 0 saturated heterocycles. The van der Waals surface area contributed by atoms with Crippen molar-refractivity contribution in [1.29, 1.82) is 0 Å². The number of benzene rings is 2. The van der Waals surface area contributed by atoms with Gasteiger partial charge in [-0.3, -0.25) is 14.5 Å². The minimum atomic E-state index is -0.637. The number of hydrogen-bond donors (Lipinski definition) is 0. The molecule has 0 bridgehead atoms. The molecule has 1 aromatic heterocycles. The van der Waals surface area contributed by atoms with Crippen LogP contribution in [0, 0.1) is 0 Å². The molecule has 1 aliphatic rings. The Bertz CT molecular complexity index is 898. The number of carbonyl (C=O) groups excluding carboxylic acids is 2. The van der Waals surface area contributed by atoms with Gasteiger partial charge in [0, 0.05) is 5.56 Å². The molecular formula is C18H13N3O3. The maximum Gasteiger partial charge on any atom is 0.262 e. The van der Waals surface area contributed by atoms with Crippen LogP contribution in [-0.2, 0) is 0 Å². The molecule has 0 saturated carbocycles. The largest absolute Gasteiger partial charge is 0.337 e. The third-order valence-corrected chi connectivity index (χ3v) is 4.04. The van der Waals surface area contributed by atoms with E-state index >= 15 is 0 Å². The minimum Gasteiger partial charge on any atom is -0.337 e. The van der Waals surface area contributed by atoms with Crippen molar-refractivity contribution in [2.24, 2.45) is 0 Å². The van der Waals surface area contributed by atoms with Gasteiger partial charge in [0.25, 0.3) is 11.8 Å². The lowest BCUT2D eigenvalue weighted by molar-refractivity contribution is 0.0568. The van der Waals surface area contributed by atoms with Gasteiger partial charge in [0.2, 0.25) is 11.7 Å². The highest BCUT2D eigenvalue weighted by atomic mass is 16.5. The smallest absolute Gasteiger partial charge is 0.262 e. The van der Waals surface area contributed by atoms with E-state index in [0.717, 1.165) is 10.5 Å². The fourth-order valence-electron chi connectivity index (χ4n) is 2.78. The second-order valence-electron chi connectivity index (χ2n) is 5.52. The molecule has 6 heteroatoms. The van der Waals surface area contributed by atoms with E-state index < -0.39 is 6.04 Å². The number of aromatic nitrogens is 2. The van der Waals surface area contributed by atoms with Gasteiger partial charge in [0.15, 0.2) is 0 Å². The molecular weight excluding hydrogens is 306 g/mol. The Balaban J connectivity index is 1.66. The molecule has 1 aliphatic heterocycles. The van der Waals surface area contributed by atoms with E-state index in [0.29, 0.717) is 17.0 Å². The maximum atomic E-state index is 12.5. The first-order chi connectivity index (χ1) is 11.7. The SMILES string of the molecule is C[C@@H](c1nc(-c2ccccc2)no1)N1C(=O)c2ccccc2C1=O. The van der Waals surface area contributed by atoms with Gasteiger partial charge in [-0.25, -0.2) is 0 Å². The van der Waals surface area contributed by atoms with Crippen LogP contribution in [0.1, 0.15) is 39.6 Å². The van der Waals surface area contributed by atoms with Crippen LogP contribution < -0.4 is 0 Å². The summed E-state index contributed by atoms with van der Waals surface area (Å²) < 4.78 is 5.28. The minimum absolute atomic E-state index is 0.225. The maximum absolute atomic E-state index is 12.5. The summed E-state index contributed by atoms with van der Waals surface area (Å²) in [6.45, 7) is 1.70.